The molecule has 0 bridgehead atoms. The fraction of sp³-hybridized carbons (Fsp3) is 0.250. The number of aromatic nitrogens is 2. The molecule has 0 atom stereocenters. The van der Waals surface area contributed by atoms with Crippen LogP contribution in [-0.2, 0) is 6.54 Å². The third kappa shape index (κ3) is 4.21. The van der Waals surface area contributed by atoms with E-state index in [0.29, 0.717) is 55.1 Å². The number of carbonyl (C=O) groups is 1. The van der Waals surface area contributed by atoms with Crippen LogP contribution < -0.4 is 0 Å². The molecule has 2 aromatic carbocycles. The first kappa shape index (κ1) is 18.6. The van der Waals surface area contributed by atoms with E-state index < -0.39 is 0 Å². The number of hydrogen-bond acceptors (Lipinski definition) is 5. The van der Waals surface area contributed by atoms with Crippen molar-refractivity contribution in [1.29, 1.82) is 0 Å². The quantitative estimate of drug-likeness (QED) is 0.671. The van der Waals surface area contributed by atoms with Gasteiger partial charge in [0.1, 0.15) is 5.82 Å². The number of rotatable bonds is 4. The maximum absolute atomic E-state index is 13.0. The van der Waals surface area contributed by atoms with Crippen molar-refractivity contribution in [3.63, 3.8) is 0 Å². The molecule has 0 unspecified atom stereocenters. The number of halogens is 2. The molecule has 0 aliphatic carbocycles. The number of amides is 1. The predicted octanol–water partition coefficient (Wildman–Crippen LogP) is 3.49. The van der Waals surface area contributed by atoms with Crippen molar-refractivity contribution >= 4 is 17.5 Å². The van der Waals surface area contributed by atoms with Gasteiger partial charge in [-0.05, 0) is 48.5 Å². The molecular formula is C20H18ClFN4O2. The molecule has 28 heavy (non-hydrogen) atoms. The zero-order valence-electron chi connectivity index (χ0n) is 15.0. The monoisotopic (exact) mass is 400 g/mol. The van der Waals surface area contributed by atoms with Crippen molar-refractivity contribution in [3.8, 4) is 11.5 Å². The van der Waals surface area contributed by atoms with Crippen molar-refractivity contribution in [1.82, 2.24) is 20.0 Å². The Morgan fingerprint density at radius 2 is 1.68 bits per heavy atom. The van der Waals surface area contributed by atoms with E-state index >= 15 is 0 Å². The molecule has 1 aliphatic rings. The number of piperazine rings is 1. The predicted molar refractivity (Wildman–Crippen MR) is 102 cm³/mol. The van der Waals surface area contributed by atoms with Gasteiger partial charge in [0.2, 0.25) is 11.8 Å². The molecule has 1 aromatic heterocycles. The molecule has 6 nitrogen and oxygen atoms in total. The normalized spacial score (nSPS) is 15.0. The summed E-state index contributed by atoms with van der Waals surface area (Å²) >= 11 is 5.90. The van der Waals surface area contributed by atoms with Crippen LogP contribution in [0.4, 0.5) is 4.39 Å². The van der Waals surface area contributed by atoms with Crippen LogP contribution in [0.2, 0.25) is 5.02 Å². The lowest BCUT2D eigenvalue weighted by atomic mass is 10.2. The van der Waals surface area contributed by atoms with Crippen molar-refractivity contribution in [2.45, 2.75) is 6.54 Å². The van der Waals surface area contributed by atoms with Crippen LogP contribution >= 0.6 is 11.6 Å². The molecule has 0 spiro atoms. The minimum Gasteiger partial charge on any atom is -0.419 e. The first-order valence-electron chi connectivity index (χ1n) is 8.94. The fourth-order valence-electron chi connectivity index (χ4n) is 3.10. The summed E-state index contributed by atoms with van der Waals surface area (Å²) in [6.07, 6.45) is 0. The summed E-state index contributed by atoms with van der Waals surface area (Å²) in [5.41, 5.74) is 1.32. The minimum atomic E-state index is -0.348. The second-order valence-electron chi connectivity index (χ2n) is 6.58. The maximum Gasteiger partial charge on any atom is 0.253 e. The highest BCUT2D eigenvalue weighted by molar-refractivity contribution is 6.30. The van der Waals surface area contributed by atoms with Crippen molar-refractivity contribution in [3.05, 3.63) is 70.8 Å². The third-order valence-corrected chi connectivity index (χ3v) is 4.92. The Balaban J connectivity index is 1.33. The molecule has 2 heterocycles. The minimum absolute atomic E-state index is 0.0811. The van der Waals surface area contributed by atoms with Crippen LogP contribution in [0.15, 0.2) is 52.9 Å². The van der Waals surface area contributed by atoms with Crippen LogP contribution in [-0.4, -0.2) is 52.1 Å². The zero-order valence-corrected chi connectivity index (χ0v) is 15.8. The number of carbonyl (C=O) groups excluding carboxylic acids is 1. The fourth-order valence-corrected chi connectivity index (χ4v) is 3.23. The second-order valence-corrected chi connectivity index (χ2v) is 7.02. The average molecular weight is 401 g/mol. The Hall–Kier alpha value is -2.77. The van der Waals surface area contributed by atoms with E-state index in [1.807, 2.05) is 12.1 Å². The van der Waals surface area contributed by atoms with Crippen LogP contribution in [0.3, 0.4) is 0 Å². The molecule has 1 saturated heterocycles. The lowest BCUT2D eigenvalue weighted by molar-refractivity contribution is 0.0618. The number of nitrogens with zero attached hydrogens (tertiary/aromatic N) is 4. The molecule has 1 fully saturated rings. The zero-order chi connectivity index (χ0) is 19.5. The topological polar surface area (TPSA) is 62.5 Å². The smallest absolute Gasteiger partial charge is 0.253 e. The lowest BCUT2D eigenvalue weighted by Gasteiger charge is -2.34. The highest BCUT2D eigenvalue weighted by Crippen LogP contribution is 2.21. The van der Waals surface area contributed by atoms with Crippen LogP contribution in [0.5, 0.6) is 0 Å². The van der Waals surface area contributed by atoms with Crippen molar-refractivity contribution < 1.29 is 13.6 Å². The van der Waals surface area contributed by atoms with E-state index in [0.717, 1.165) is 5.56 Å². The van der Waals surface area contributed by atoms with Gasteiger partial charge in [-0.1, -0.05) is 11.6 Å². The van der Waals surface area contributed by atoms with Crippen LogP contribution in [0.1, 0.15) is 16.2 Å². The van der Waals surface area contributed by atoms with Gasteiger partial charge in [0.25, 0.3) is 5.91 Å². The number of benzene rings is 2. The van der Waals surface area contributed by atoms with Crippen LogP contribution in [0.25, 0.3) is 11.5 Å². The van der Waals surface area contributed by atoms with Crippen molar-refractivity contribution in [2.75, 3.05) is 26.2 Å². The Bertz CT molecular complexity index is 951. The van der Waals surface area contributed by atoms with E-state index in [2.05, 4.69) is 15.1 Å². The van der Waals surface area contributed by atoms with Gasteiger partial charge in [0, 0.05) is 42.3 Å². The third-order valence-electron chi connectivity index (χ3n) is 4.67. The Morgan fingerprint density at radius 3 is 2.36 bits per heavy atom. The first-order chi connectivity index (χ1) is 13.6. The Kier molecular flexibility index (Phi) is 5.36. The summed E-state index contributed by atoms with van der Waals surface area (Å²) in [5.74, 6) is 0.557. The lowest BCUT2D eigenvalue weighted by Crippen LogP contribution is -2.48. The van der Waals surface area contributed by atoms with Gasteiger partial charge in [-0.15, -0.1) is 10.2 Å². The van der Waals surface area contributed by atoms with Gasteiger partial charge in [-0.2, -0.15) is 0 Å². The van der Waals surface area contributed by atoms with Crippen LogP contribution in [0, 0.1) is 5.82 Å². The summed E-state index contributed by atoms with van der Waals surface area (Å²) in [7, 11) is 0. The van der Waals surface area contributed by atoms with E-state index in [4.69, 9.17) is 16.0 Å². The van der Waals surface area contributed by atoms with Gasteiger partial charge < -0.3 is 9.32 Å². The highest BCUT2D eigenvalue weighted by Gasteiger charge is 2.23. The summed E-state index contributed by atoms with van der Waals surface area (Å²) in [5, 5.41) is 8.85. The Morgan fingerprint density at radius 1 is 1.00 bits per heavy atom. The average Bonchev–Trinajstić information content (AvgIpc) is 3.18. The Labute approximate surface area is 166 Å². The summed E-state index contributed by atoms with van der Waals surface area (Å²) in [4.78, 5) is 16.4. The standard InChI is InChI=1S/C20H18ClFN4O2/c21-16-5-1-14(2-6-16)19-24-23-18(28-19)13-25-9-11-26(12-10-25)20(27)15-3-7-17(22)8-4-15/h1-8H,9-13H2. The molecule has 1 aliphatic heterocycles. The molecule has 0 radical (unpaired) electrons. The molecule has 8 heteroatoms. The molecule has 144 valence electrons. The van der Waals surface area contributed by atoms with E-state index in [1.54, 1.807) is 17.0 Å². The van der Waals surface area contributed by atoms with Crippen molar-refractivity contribution in [2.24, 2.45) is 0 Å². The molecule has 1 amide bonds. The second kappa shape index (κ2) is 8.08. The summed E-state index contributed by atoms with van der Waals surface area (Å²) in [6, 6.07) is 12.9. The van der Waals surface area contributed by atoms with E-state index in [-0.39, 0.29) is 11.7 Å². The van der Waals surface area contributed by atoms with Gasteiger partial charge >= 0.3 is 0 Å². The number of hydrogen-bond donors (Lipinski definition) is 0. The summed E-state index contributed by atoms with van der Waals surface area (Å²) in [6.45, 7) is 3.11. The van der Waals surface area contributed by atoms with Gasteiger partial charge in [-0.25, -0.2) is 4.39 Å². The maximum atomic E-state index is 13.0. The molecule has 0 N–H and O–H groups in total. The SMILES string of the molecule is O=C(c1ccc(F)cc1)N1CCN(Cc2nnc(-c3ccc(Cl)cc3)o2)CC1. The summed E-state index contributed by atoms with van der Waals surface area (Å²) < 4.78 is 18.8. The van der Waals surface area contributed by atoms with Gasteiger partial charge in [-0.3, -0.25) is 9.69 Å². The molecule has 4 rings (SSSR count). The first-order valence-corrected chi connectivity index (χ1v) is 9.32. The van der Waals surface area contributed by atoms with E-state index in [1.165, 1.54) is 24.3 Å². The van der Waals surface area contributed by atoms with E-state index in [9.17, 15) is 9.18 Å². The largest absolute Gasteiger partial charge is 0.419 e. The highest BCUT2D eigenvalue weighted by atomic mass is 35.5. The molecule has 3 aromatic rings. The molecular weight excluding hydrogens is 383 g/mol. The molecule has 0 saturated carbocycles. The van der Waals surface area contributed by atoms with Gasteiger partial charge in [0.05, 0.1) is 6.54 Å². The van der Waals surface area contributed by atoms with Gasteiger partial charge in [0.15, 0.2) is 0 Å².